The highest BCUT2D eigenvalue weighted by molar-refractivity contribution is 5.83. The third kappa shape index (κ3) is 7.32. The Kier molecular flexibility index (Phi) is 8.49. The Hall–Kier alpha value is -2.87. The number of aliphatic carboxylic acids is 1. The number of hydrogen-bond acceptors (Lipinski definition) is 3. The molecule has 0 spiro atoms. The van der Waals surface area contributed by atoms with Crippen molar-refractivity contribution in [1.82, 2.24) is 15.3 Å². The van der Waals surface area contributed by atoms with Crippen LogP contribution in [0.5, 0.6) is 0 Å². The maximum atomic E-state index is 10.6. The summed E-state index contributed by atoms with van der Waals surface area (Å²) in [4.78, 5) is 16.4. The molecule has 0 bridgehead atoms. The van der Waals surface area contributed by atoms with E-state index in [1.54, 1.807) is 6.33 Å². The molecule has 3 N–H and O–H groups in total. The van der Waals surface area contributed by atoms with Gasteiger partial charge in [0, 0.05) is 6.54 Å². The van der Waals surface area contributed by atoms with Crippen LogP contribution in [-0.4, -0.2) is 33.8 Å². The van der Waals surface area contributed by atoms with Crippen molar-refractivity contribution in [2.45, 2.75) is 58.2 Å². The summed E-state index contributed by atoms with van der Waals surface area (Å²) in [5, 5.41) is 10.8. The standard InChI is InChI=1S/C23H29N3.C2HF3O2/c1-17-13-22-23(26-16-25-22)14-21(17)20-9-7-19(8-10-20)15-24-12-11-18-5-3-2-4-6-18;3-2(4,5)1(6)7/h7-10,13-14,16,18,24H,2-6,11-12,15H2,1H3,(H,25,26);(H,6,7). The van der Waals surface area contributed by atoms with Crippen molar-refractivity contribution in [1.29, 1.82) is 0 Å². The maximum absolute atomic E-state index is 10.6. The summed E-state index contributed by atoms with van der Waals surface area (Å²) in [6, 6.07) is 13.3. The van der Waals surface area contributed by atoms with Gasteiger partial charge in [0.1, 0.15) is 0 Å². The molecule has 4 rings (SSSR count). The van der Waals surface area contributed by atoms with E-state index >= 15 is 0 Å². The minimum atomic E-state index is -5.08. The molecule has 0 aliphatic heterocycles. The number of nitrogens with zero attached hydrogens (tertiary/aromatic N) is 1. The van der Waals surface area contributed by atoms with Gasteiger partial charge >= 0.3 is 12.1 Å². The molecule has 1 fully saturated rings. The largest absolute Gasteiger partial charge is 0.490 e. The number of imidazole rings is 1. The fourth-order valence-electron chi connectivity index (χ4n) is 4.21. The molecule has 1 saturated carbocycles. The molecule has 1 aromatic heterocycles. The van der Waals surface area contributed by atoms with Crippen LogP contribution in [0.4, 0.5) is 13.2 Å². The summed E-state index contributed by atoms with van der Waals surface area (Å²) in [7, 11) is 0. The molecule has 1 aliphatic rings. The second-order valence-corrected chi connectivity index (χ2v) is 8.56. The van der Waals surface area contributed by atoms with Crippen LogP contribution in [0.1, 0.15) is 49.7 Å². The fraction of sp³-hybridized carbons (Fsp3) is 0.440. The number of aromatic nitrogens is 2. The summed E-state index contributed by atoms with van der Waals surface area (Å²) in [6.45, 7) is 4.26. The van der Waals surface area contributed by atoms with Crippen LogP contribution in [-0.2, 0) is 11.3 Å². The van der Waals surface area contributed by atoms with Gasteiger partial charge in [-0.05, 0) is 60.2 Å². The van der Waals surface area contributed by atoms with E-state index in [9.17, 15) is 13.2 Å². The van der Waals surface area contributed by atoms with E-state index in [1.165, 1.54) is 60.8 Å². The van der Waals surface area contributed by atoms with E-state index < -0.39 is 12.1 Å². The van der Waals surface area contributed by atoms with Crippen LogP contribution < -0.4 is 5.32 Å². The Morgan fingerprint density at radius 2 is 1.82 bits per heavy atom. The molecule has 2 aromatic carbocycles. The normalized spacial score (nSPS) is 14.7. The van der Waals surface area contributed by atoms with Gasteiger partial charge in [-0.3, -0.25) is 0 Å². The summed E-state index contributed by atoms with van der Waals surface area (Å²) >= 11 is 0. The van der Waals surface area contributed by atoms with Crippen LogP contribution in [0.15, 0.2) is 42.7 Å². The molecule has 1 heterocycles. The Labute approximate surface area is 191 Å². The monoisotopic (exact) mass is 461 g/mol. The van der Waals surface area contributed by atoms with Crippen molar-refractivity contribution in [3.63, 3.8) is 0 Å². The molecule has 0 saturated heterocycles. The number of carboxylic acids is 1. The molecule has 33 heavy (non-hydrogen) atoms. The molecular formula is C25H30F3N3O2. The molecule has 0 atom stereocenters. The lowest BCUT2D eigenvalue weighted by molar-refractivity contribution is -0.192. The molecule has 5 nitrogen and oxygen atoms in total. The van der Waals surface area contributed by atoms with Crippen LogP contribution in [0.25, 0.3) is 22.2 Å². The number of aromatic amines is 1. The zero-order chi connectivity index (χ0) is 23.8. The maximum Gasteiger partial charge on any atom is 0.490 e. The first-order valence-electron chi connectivity index (χ1n) is 11.3. The van der Waals surface area contributed by atoms with E-state index in [0.717, 1.165) is 30.0 Å². The number of rotatable bonds is 6. The highest BCUT2D eigenvalue weighted by atomic mass is 19.4. The molecule has 0 radical (unpaired) electrons. The number of carboxylic acid groups (broad SMARTS) is 1. The first-order valence-corrected chi connectivity index (χ1v) is 11.3. The van der Waals surface area contributed by atoms with E-state index in [-0.39, 0.29) is 0 Å². The summed E-state index contributed by atoms with van der Waals surface area (Å²) in [5.74, 6) is -1.80. The molecule has 0 amide bonds. The van der Waals surface area contributed by atoms with E-state index in [2.05, 4.69) is 58.6 Å². The zero-order valence-corrected chi connectivity index (χ0v) is 18.7. The second-order valence-electron chi connectivity index (χ2n) is 8.56. The SMILES string of the molecule is Cc1cc2nc[nH]c2cc1-c1ccc(CNCCC2CCCCC2)cc1.O=C(O)C(F)(F)F. The highest BCUT2D eigenvalue weighted by Crippen LogP contribution is 2.28. The van der Waals surface area contributed by atoms with Gasteiger partial charge < -0.3 is 15.4 Å². The lowest BCUT2D eigenvalue weighted by Gasteiger charge is -2.21. The van der Waals surface area contributed by atoms with Crippen molar-refractivity contribution in [3.05, 3.63) is 53.9 Å². The first kappa shape index (κ1) is 24.8. The van der Waals surface area contributed by atoms with Crippen LogP contribution in [0.2, 0.25) is 0 Å². The zero-order valence-electron chi connectivity index (χ0n) is 18.7. The molecule has 178 valence electrons. The Morgan fingerprint density at radius 3 is 2.45 bits per heavy atom. The molecule has 8 heteroatoms. The van der Waals surface area contributed by atoms with Gasteiger partial charge in [0.2, 0.25) is 0 Å². The average Bonchev–Trinajstić information content (AvgIpc) is 3.24. The van der Waals surface area contributed by atoms with Gasteiger partial charge in [0.25, 0.3) is 0 Å². The van der Waals surface area contributed by atoms with Gasteiger partial charge in [-0.25, -0.2) is 9.78 Å². The Morgan fingerprint density at radius 1 is 1.15 bits per heavy atom. The number of fused-ring (bicyclic) bond motifs is 1. The van der Waals surface area contributed by atoms with Crippen molar-refractivity contribution >= 4 is 17.0 Å². The smallest absolute Gasteiger partial charge is 0.475 e. The van der Waals surface area contributed by atoms with E-state index in [1.807, 2.05) is 0 Å². The van der Waals surface area contributed by atoms with Crippen molar-refractivity contribution in [2.75, 3.05) is 6.54 Å². The van der Waals surface area contributed by atoms with Crippen LogP contribution in [0.3, 0.4) is 0 Å². The lowest BCUT2D eigenvalue weighted by Crippen LogP contribution is -2.21. The highest BCUT2D eigenvalue weighted by Gasteiger charge is 2.38. The summed E-state index contributed by atoms with van der Waals surface area (Å²) in [6.07, 6.45) is 5.22. The molecular weight excluding hydrogens is 431 g/mol. The number of carbonyl (C=O) groups is 1. The number of benzene rings is 2. The third-order valence-corrected chi connectivity index (χ3v) is 6.06. The number of aryl methyl sites for hydroxylation is 1. The molecule has 0 unspecified atom stereocenters. The van der Waals surface area contributed by atoms with Crippen LogP contribution in [0, 0.1) is 12.8 Å². The first-order chi connectivity index (χ1) is 15.7. The third-order valence-electron chi connectivity index (χ3n) is 6.06. The lowest BCUT2D eigenvalue weighted by atomic mass is 9.87. The predicted molar refractivity (Wildman–Crippen MR) is 123 cm³/mol. The van der Waals surface area contributed by atoms with Gasteiger partial charge in [-0.2, -0.15) is 13.2 Å². The topological polar surface area (TPSA) is 78.0 Å². The quantitative estimate of drug-likeness (QED) is 0.380. The Balaban J connectivity index is 0.000000383. The van der Waals surface area contributed by atoms with Gasteiger partial charge in [-0.15, -0.1) is 0 Å². The van der Waals surface area contributed by atoms with Crippen molar-refractivity contribution < 1.29 is 23.1 Å². The van der Waals surface area contributed by atoms with Crippen molar-refractivity contribution in [2.24, 2.45) is 5.92 Å². The van der Waals surface area contributed by atoms with Crippen LogP contribution >= 0.6 is 0 Å². The van der Waals surface area contributed by atoms with Gasteiger partial charge in [-0.1, -0.05) is 56.4 Å². The minimum absolute atomic E-state index is 0.957. The number of H-pyrrole nitrogens is 1. The van der Waals surface area contributed by atoms with Gasteiger partial charge in [0.05, 0.1) is 17.4 Å². The van der Waals surface area contributed by atoms with Gasteiger partial charge in [0.15, 0.2) is 0 Å². The average molecular weight is 462 g/mol. The number of halogens is 3. The Bertz CT molecular complexity index is 1040. The summed E-state index contributed by atoms with van der Waals surface area (Å²) < 4.78 is 31.7. The van der Waals surface area contributed by atoms with Crippen molar-refractivity contribution in [3.8, 4) is 11.1 Å². The number of alkyl halides is 3. The summed E-state index contributed by atoms with van der Waals surface area (Å²) in [5.41, 5.74) is 7.30. The molecule has 3 aromatic rings. The second kappa shape index (κ2) is 11.3. The number of hydrogen-bond donors (Lipinski definition) is 3. The van der Waals surface area contributed by atoms with E-state index in [0.29, 0.717) is 0 Å². The molecule has 1 aliphatic carbocycles. The number of nitrogens with one attached hydrogen (secondary N) is 2. The minimum Gasteiger partial charge on any atom is -0.475 e. The fourth-order valence-corrected chi connectivity index (χ4v) is 4.21. The van der Waals surface area contributed by atoms with E-state index in [4.69, 9.17) is 9.90 Å². The predicted octanol–water partition coefficient (Wildman–Crippen LogP) is 6.23.